The third kappa shape index (κ3) is 6.15. The highest BCUT2D eigenvalue weighted by atomic mass is 127. The predicted molar refractivity (Wildman–Crippen MR) is 133 cm³/mol. The van der Waals surface area contributed by atoms with Crippen LogP contribution in [-0.2, 0) is 6.61 Å². The fraction of sp³-hybridized carbons (Fsp3) is 0.125. The van der Waals surface area contributed by atoms with Crippen LogP contribution in [0.3, 0.4) is 0 Å². The Morgan fingerprint density at radius 1 is 1.00 bits per heavy atom. The van der Waals surface area contributed by atoms with Gasteiger partial charge in [-0.1, -0.05) is 35.3 Å². The summed E-state index contributed by atoms with van der Waals surface area (Å²) in [5.41, 5.74) is 2.22. The first-order chi connectivity index (χ1) is 14.9. The van der Waals surface area contributed by atoms with Crippen LogP contribution in [0.15, 0.2) is 60.7 Å². The topological polar surface area (TPSA) is 44.8 Å². The second kappa shape index (κ2) is 10.9. The number of hydrogen-bond donors (Lipinski definition) is 0. The minimum absolute atomic E-state index is 0.102. The van der Waals surface area contributed by atoms with Crippen LogP contribution in [0.25, 0.3) is 6.08 Å². The average molecular weight is 569 g/mol. The summed E-state index contributed by atoms with van der Waals surface area (Å²) in [4.78, 5) is 12.4. The molecular formula is C24H19Cl2IO4. The van der Waals surface area contributed by atoms with Crippen LogP contribution in [0.2, 0.25) is 10.0 Å². The monoisotopic (exact) mass is 568 g/mol. The number of methoxy groups -OCH3 is 2. The highest BCUT2D eigenvalue weighted by molar-refractivity contribution is 14.1. The summed E-state index contributed by atoms with van der Waals surface area (Å²) >= 11 is 14.3. The van der Waals surface area contributed by atoms with Crippen LogP contribution in [0, 0.1) is 3.57 Å². The van der Waals surface area contributed by atoms with E-state index in [1.165, 1.54) is 6.08 Å². The summed E-state index contributed by atoms with van der Waals surface area (Å²) in [6, 6.07) is 16.0. The fourth-order valence-electron chi connectivity index (χ4n) is 2.79. The van der Waals surface area contributed by atoms with Gasteiger partial charge in [-0.15, -0.1) is 0 Å². The number of carbonyl (C=O) groups is 1. The number of hydrogen-bond acceptors (Lipinski definition) is 4. The predicted octanol–water partition coefficient (Wildman–Crippen LogP) is 7.09. The van der Waals surface area contributed by atoms with Gasteiger partial charge in [-0.2, -0.15) is 0 Å². The zero-order valence-corrected chi connectivity index (χ0v) is 20.5. The first kappa shape index (κ1) is 23.4. The maximum absolute atomic E-state index is 12.4. The van der Waals surface area contributed by atoms with Gasteiger partial charge in [0.15, 0.2) is 17.3 Å². The molecule has 0 bridgehead atoms. The van der Waals surface area contributed by atoms with Gasteiger partial charge in [0.1, 0.15) is 12.4 Å². The molecular weight excluding hydrogens is 550 g/mol. The largest absolute Gasteiger partial charge is 0.497 e. The van der Waals surface area contributed by atoms with E-state index >= 15 is 0 Å². The van der Waals surface area contributed by atoms with Crippen LogP contribution >= 0.6 is 45.8 Å². The molecule has 31 heavy (non-hydrogen) atoms. The molecule has 3 aromatic carbocycles. The van der Waals surface area contributed by atoms with E-state index in [1.807, 2.05) is 18.2 Å². The molecule has 0 amide bonds. The zero-order chi connectivity index (χ0) is 22.4. The maximum atomic E-state index is 12.4. The highest BCUT2D eigenvalue weighted by Gasteiger charge is 2.13. The van der Waals surface area contributed by atoms with Gasteiger partial charge in [0.2, 0.25) is 0 Å². The zero-order valence-electron chi connectivity index (χ0n) is 16.8. The van der Waals surface area contributed by atoms with Crippen molar-refractivity contribution >= 4 is 57.7 Å². The van der Waals surface area contributed by atoms with E-state index < -0.39 is 0 Å². The molecule has 0 heterocycles. The van der Waals surface area contributed by atoms with Gasteiger partial charge in [0.05, 0.1) is 17.8 Å². The highest BCUT2D eigenvalue weighted by Crippen LogP contribution is 2.35. The van der Waals surface area contributed by atoms with Gasteiger partial charge < -0.3 is 14.2 Å². The van der Waals surface area contributed by atoms with E-state index in [4.69, 9.17) is 37.4 Å². The van der Waals surface area contributed by atoms with Gasteiger partial charge in [-0.3, -0.25) is 4.79 Å². The number of allylic oxidation sites excluding steroid dienone is 1. The Kier molecular flexibility index (Phi) is 8.23. The molecule has 160 valence electrons. The van der Waals surface area contributed by atoms with Crippen molar-refractivity contribution in [1.82, 2.24) is 0 Å². The standard InChI is InChI=1S/C24H19Cl2IO4/c1-29-19-8-5-16(6-9-19)22(28)10-3-15-11-21(27)24(23(12-15)30-2)31-14-17-4-7-18(25)13-20(17)26/h3-13H,14H2,1-2H3/b10-3+. The van der Waals surface area contributed by atoms with E-state index in [0.29, 0.717) is 32.9 Å². The van der Waals surface area contributed by atoms with Crippen LogP contribution in [0.5, 0.6) is 17.2 Å². The van der Waals surface area contributed by atoms with Crippen molar-refractivity contribution in [2.75, 3.05) is 14.2 Å². The lowest BCUT2D eigenvalue weighted by atomic mass is 10.1. The Hall–Kier alpha value is -2.22. The Morgan fingerprint density at radius 3 is 2.39 bits per heavy atom. The molecule has 0 unspecified atom stereocenters. The summed E-state index contributed by atoms with van der Waals surface area (Å²) in [7, 11) is 3.16. The van der Waals surface area contributed by atoms with Crippen molar-refractivity contribution in [3.8, 4) is 17.2 Å². The van der Waals surface area contributed by atoms with Crippen LogP contribution < -0.4 is 14.2 Å². The molecule has 0 atom stereocenters. The SMILES string of the molecule is COc1ccc(C(=O)/C=C/c2cc(I)c(OCc3ccc(Cl)cc3Cl)c(OC)c2)cc1. The number of carbonyl (C=O) groups excluding carboxylic acids is 1. The molecule has 3 aromatic rings. The maximum Gasteiger partial charge on any atom is 0.185 e. The lowest BCUT2D eigenvalue weighted by Gasteiger charge is -2.14. The van der Waals surface area contributed by atoms with Crippen molar-refractivity contribution in [3.05, 3.63) is 91.0 Å². The van der Waals surface area contributed by atoms with Crippen molar-refractivity contribution in [3.63, 3.8) is 0 Å². The molecule has 4 nitrogen and oxygen atoms in total. The summed E-state index contributed by atoms with van der Waals surface area (Å²) in [6.07, 6.45) is 3.28. The smallest absolute Gasteiger partial charge is 0.185 e. The van der Waals surface area contributed by atoms with Crippen LogP contribution in [0.4, 0.5) is 0 Å². The van der Waals surface area contributed by atoms with Gasteiger partial charge in [0, 0.05) is 21.2 Å². The number of rotatable bonds is 8. The van der Waals surface area contributed by atoms with E-state index in [2.05, 4.69) is 22.6 Å². The number of halogens is 3. The molecule has 3 rings (SSSR count). The van der Waals surface area contributed by atoms with E-state index in [-0.39, 0.29) is 12.4 Å². The summed E-state index contributed by atoms with van der Waals surface area (Å²) in [5, 5.41) is 1.11. The molecule has 0 radical (unpaired) electrons. The summed E-state index contributed by atoms with van der Waals surface area (Å²) in [5.74, 6) is 1.77. The van der Waals surface area contributed by atoms with Gasteiger partial charge in [0.25, 0.3) is 0 Å². The molecule has 0 aliphatic carbocycles. The third-order valence-electron chi connectivity index (χ3n) is 4.44. The molecule has 0 saturated heterocycles. The Balaban J connectivity index is 1.76. The minimum Gasteiger partial charge on any atom is -0.497 e. The van der Waals surface area contributed by atoms with Crippen molar-refractivity contribution in [2.45, 2.75) is 6.61 Å². The Labute approximate surface area is 204 Å². The second-order valence-electron chi connectivity index (χ2n) is 6.48. The van der Waals surface area contributed by atoms with E-state index in [0.717, 1.165) is 14.7 Å². The van der Waals surface area contributed by atoms with Crippen LogP contribution in [-0.4, -0.2) is 20.0 Å². The molecule has 0 saturated carbocycles. The molecule has 0 spiro atoms. The molecule has 0 aromatic heterocycles. The molecule has 0 aliphatic heterocycles. The Bertz CT molecular complexity index is 1110. The van der Waals surface area contributed by atoms with Crippen molar-refractivity contribution in [2.24, 2.45) is 0 Å². The first-order valence-corrected chi connectivity index (χ1v) is 11.1. The third-order valence-corrected chi connectivity index (χ3v) is 5.83. The normalized spacial score (nSPS) is 10.9. The van der Waals surface area contributed by atoms with Gasteiger partial charge in [-0.05, 0) is 82.8 Å². The van der Waals surface area contributed by atoms with E-state index in [1.54, 1.807) is 56.7 Å². The lowest BCUT2D eigenvalue weighted by molar-refractivity contribution is 0.104. The van der Waals surface area contributed by atoms with E-state index in [9.17, 15) is 4.79 Å². The van der Waals surface area contributed by atoms with Gasteiger partial charge >= 0.3 is 0 Å². The second-order valence-corrected chi connectivity index (χ2v) is 8.49. The molecule has 0 aliphatic rings. The summed E-state index contributed by atoms with van der Waals surface area (Å²) in [6.45, 7) is 0.271. The first-order valence-electron chi connectivity index (χ1n) is 9.22. The van der Waals surface area contributed by atoms with Gasteiger partial charge in [-0.25, -0.2) is 0 Å². The fourth-order valence-corrected chi connectivity index (χ4v) is 4.03. The number of ketones is 1. The summed E-state index contributed by atoms with van der Waals surface area (Å²) < 4.78 is 17.4. The Morgan fingerprint density at radius 2 is 1.74 bits per heavy atom. The lowest BCUT2D eigenvalue weighted by Crippen LogP contribution is -2.01. The van der Waals surface area contributed by atoms with Crippen molar-refractivity contribution < 1.29 is 19.0 Å². The minimum atomic E-state index is -0.102. The molecule has 0 fully saturated rings. The van der Waals surface area contributed by atoms with Crippen molar-refractivity contribution in [1.29, 1.82) is 0 Å². The number of benzene rings is 3. The van der Waals surface area contributed by atoms with Crippen LogP contribution in [0.1, 0.15) is 21.5 Å². The molecule has 7 heteroatoms. The average Bonchev–Trinajstić information content (AvgIpc) is 2.77. The number of ether oxygens (including phenoxy) is 3. The molecule has 0 N–H and O–H groups in total. The quantitative estimate of drug-likeness (QED) is 0.165.